The lowest BCUT2D eigenvalue weighted by Crippen LogP contribution is -2.07. The topological polar surface area (TPSA) is 68.1 Å². The first kappa shape index (κ1) is 39.1. The fraction of sp³-hybridized carbons (Fsp3) is 0.533. The molecule has 4 atom stereocenters. The highest BCUT2D eigenvalue weighted by atomic mass is 16.5. The molecule has 1 N–H and O–H groups in total. The number of hydrogen-bond donors (Lipinski definition) is 1. The van der Waals surface area contributed by atoms with E-state index in [2.05, 4.69) is 98.7 Å². The molecule has 270 valence electrons. The number of aromatic hydroxyl groups is 1. The molecule has 0 fully saturated rings. The van der Waals surface area contributed by atoms with Crippen molar-refractivity contribution in [3.63, 3.8) is 0 Å². The Labute approximate surface area is 303 Å². The number of hydrogen-bond acceptors (Lipinski definition) is 5. The zero-order chi connectivity index (χ0) is 36.2. The van der Waals surface area contributed by atoms with E-state index in [0.717, 1.165) is 49.7 Å². The summed E-state index contributed by atoms with van der Waals surface area (Å²) in [5.74, 6) is 4.12. The van der Waals surface area contributed by atoms with Gasteiger partial charge in [0.15, 0.2) is 17.5 Å². The van der Waals surface area contributed by atoms with E-state index >= 15 is 0 Å². The largest absolute Gasteiger partial charge is 0.507 e. The van der Waals surface area contributed by atoms with E-state index in [0.29, 0.717) is 59.1 Å². The Kier molecular flexibility index (Phi) is 14.9. The summed E-state index contributed by atoms with van der Waals surface area (Å²) in [6.07, 6.45) is 11.4. The summed E-state index contributed by atoms with van der Waals surface area (Å²) in [5.41, 5.74) is 7.82. The van der Waals surface area contributed by atoms with Gasteiger partial charge in [-0.2, -0.15) is 0 Å². The number of benzene rings is 3. The minimum Gasteiger partial charge on any atom is -0.507 e. The Balaban J connectivity index is 1.85. The van der Waals surface area contributed by atoms with Gasteiger partial charge in [0.2, 0.25) is 0 Å². The van der Waals surface area contributed by atoms with E-state index in [-0.39, 0.29) is 5.75 Å². The maximum Gasteiger partial charge on any atom is 0.167 e. The molecule has 1 aromatic heterocycles. The van der Waals surface area contributed by atoms with Crippen LogP contribution in [0.3, 0.4) is 0 Å². The van der Waals surface area contributed by atoms with Crippen LogP contribution in [0.25, 0.3) is 34.2 Å². The molecule has 0 radical (unpaired) electrons. The molecule has 4 rings (SSSR count). The zero-order valence-electron chi connectivity index (χ0n) is 32.5. The Hall–Kier alpha value is -3.73. The van der Waals surface area contributed by atoms with Crippen LogP contribution < -0.4 is 4.74 Å². The monoisotopic (exact) mass is 677 g/mol. The van der Waals surface area contributed by atoms with Gasteiger partial charge < -0.3 is 9.84 Å². The van der Waals surface area contributed by atoms with E-state index in [4.69, 9.17) is 19.7 Å². The third-order valence-corrected chi connectivity index (χ3v) is 10.9. The number of nitrogens with zero attached hydrogens (tertiary/aromatic N) is 3. The lowest BCUT2D eigenvalue weighted by atomic mass is 9.87. The van der Waals surface area contributed by atoms with Crippen molar-refractivity contribution in [2.45, 2.75) is 150 Å². The van der Waals surface area contributed by atoms with Crippen LogP contribution in [0.15, 0.2) is 54.6 Å². The van der Waals surface area contributed by atoms with Gasteiger partial charge in [0, 0.05) is 17.2 Å². The van der Waals surface area contributed by atoms with E-state index < -0.39 is 0 Å². The average molecular weight is 678 g/mol. The number of rotatable bonds is 19. The summed E-state index contributed by atoms with van der Waals surface area (Å²) in [5, 5.41) is 11.4. The van der Waals surface area contributed by atoms with Crippen molar-refractivity contribution in [3.8, 4) is 45.7 Å². The van der Waals surface area contributed by atoms with Crippen LogP contribution in [0.2, 0.25) is 0 Å². The van der Waals surface area contributed by atoms with Crippen molar-refractivity contribution in [2.75, 3.05) is 6.61 Å². The minimum atomic E-state index is 0.108. The second-order valence-corrected chi connectivity index (χ2v) is 14.5. The number of phenols is 1. The second-order valence-electron chi connectivity index (χ2n) is 14.5. The van der Waals surface area contributed by atoms with Crippen molar-refractivity contribution < 1.29 is 9.84 Å². The van der Waals surface area contributed by atoms with E-state index in [9.17, 15) is 5.11 Å². The van der Waals surface area contributed by atoms with Gasteiger partial charge in [-0.15, -0.1) is 0 Å². The molecule has 0 amide bonds. The minimum absolute atomic E-state index is 0.108. The lowest BCUT2D eigenvalue weighted by Gasteiger charge is -2.21. The second kappa shape index (κ2) is 19.0. The lowest BCUT2D eigenvalue weighted by molar-refractivity contribution is 0.303. The van der Waals surface area contributed by atoms with Gasteiger partial charge in [0.25, 0.3) is 0 Å². The summed E-state index contributed by atoms with van der Waals surface area (Å²) >= 11 is 0. The quantitative estimate of drug-likeness (QED) is 0.100. The fourth-order valence-corrected chi connectivity index (χ4v) is 6.51. The molecular weight excluding hydrogens is 615 g/mol. The van der Waals surface area contributed by atoms with E-state index in [1.165, 1.54) is 47.9 Å². The van der Waals surface area contributed by atoms with Gasteiger partial charge in [0.05, 0.1) is 12.2 Å². The summed E-state index contributed by atoms with van der Waals surface area (Å²) < 4.78 is 6.05. The van der Waals surface area contributed by atoms with Crippen LogP contribution in [0.5, 0.6) is 11.5 Å². The molecule has 0 spiro atoms. The fourth-order valence-electron chi connectivity index (χ4n) is 6.51. The predicted molar refractivity (Wildman–Crippen MR) is 211 cm³/mol. The molecule has 1 heterocycles. The highest BCUT2D eigenvalue weighted by Crippen LogP contribution is 2.38. The van der Waals surface area contributed by atoms with Crippen LogP contribution in [0, 0.1) is 0 Å². The van der Waals surface area contributed by atoms with Gasteiger partial charge in [-0.3, -0.25) is 0 Å². The van der Waals surface area contributed by atoms with Crippen molar-refractivity contribution in [1.29, 1.82) is 0 Å². The van der Waals surface area contributed by atoms with Crippen molar-refractivity contribution in [2.24, 2.45) is 0 Å². The summed E-state index contributed by atoms with van der Waals surface area (Å²) in [7, 11) is 0. The highest BCUT2D eigenvalue weighted by molar-refractivity contribution is 5.73. The van der Waals surface area contributed by atoms with Crippen molar-refractivity contribution >= 4 is 0 Å². The van der Waals surface area contributed by atoms with Gasteiger partial charge in [0.1, 0.15) is 11.5 Å². The Morgan fingerprint density at radius 3 is 1.42 bits per heavy atom. The van der Waals surface area contributed by atoms with E-state index in [1.807, 2.05) is 12.1 Å². The smallest absolute Gasteiger partial charge is 0.167 e. The van der Waals surface area contributed by atoms with Gasteiger partial charge in [-0.25, -0.2) is 15.0 Å². The van der Waals surface area contributed by atoms with Crippen molar-refractivity contribution in [3.05, 3.63) is 76.9 Å². The first-order valence-corrected chi connectivity index (χ1v) is 19.7. The molecular formula is C45H63N3O2. The van der Waals surface area contributed by atoms with Crippen LogP contribution in [-0.4, -0.2) is 26.7 Å². The van der Waals surface area contributed by atoms with E-state index in [1.54, 1.807) is 6.07 Å². The maximum atomic E-state index is 11.4. The molecule has 0 aliphatic rings. The van der Waals surface area contributed by atoms with Gasteiger partial charge in [-0.05, 0) is 90.2 Å². The molecule has 50 heavy (non-hydrogen) atoms. The highest BCUT2D eigenvalue weighted by Gasteiger charge is 2.22. The molecule has 5 nitrogen and oxygen atoms in total. The first-order chi connectivity index (χ1) is 24.1. The Bertz CT molecular complexity index is 1580. The molecule has 0 aliphatic heterocycles. The molecule has 4 unspecified atom stereocenters. The molecule has 0 saturated heterocycles. The summed E-state index contributed by atoms with van der Waals surface area (Å²) in [6, 6.07) is 19.1. The van der Waals surface area contributed by atoms with Crippen LogP contribution in [-0.2, 0) is 0 Å². The zero-order valence-corrected chi connectivity index (χ0v) is 32.5. The molecule has 4 aromatic rings. The summed E-state index contributed by atoms with van der Waals surface area (Å²) in [4.78, 5) is 15.4. The Morgan fingerprint density at radius 2 is 0.960 bits per heavy atom. The average Bonchev–Trinajstić information content (AvgIpc) is 3.15. The first-order valence-electron chi connectivity index (χ1n) is 19.7. The normalized spacial score (nSPS) is 13.9. The predicted octanol–water partition coefficient (Wildman–Crippen LogP) is 13.4. The van der Waals surface area contributed by atoms with Crippen LogP contribution in [0.4, 0.5) is 0 Å². The molecule has 0 saturated carbocycles. The van der Waals surface area contributed by atoms with Gasteiger partial charge in [-0.1, -0.05) is 131 Å². The molecule has 5 heteroatoms. The van der Waals surface area contributed by atoms with Crippen molar-refractivity contribution in [1.82, 2.24) is 15.0 Å². The summed E-state index contributed by atoms with van der Waals surface area (Å²) in [6.45, 7) is 21.0. The number of unbranched alkanes of at least 4 members (excludes halogenated alkanes) is 5. The maximum absolute atomic E-state index is 11.4. The number of ether oxygens (including phenoxy) is 1. The molecule has 0 aliphatic carbocycles. The number of aromatic nitrogens is 3. The number of phenolic OH excluding ortho intramolecular Hbond substituents is 1. The third kappa shape index (κ3) is 9.74. The van der Waals surface area contributed by atoms with Crippen LogP contribution >= 0.6 is 0 Å². The third-order valence-electron chi connectivity index (χ3n) is 10.9. The van der Waals surface area contributed by atoms with Gasteiger partial charge >= 0.3 is 0 Å². The standard InChI is InChI=1S/C45H63N3O2/c1-10-15-16-17-18-19-26-50-36-22-25-39(42(49)29-36)45-47-43(37-23-20-34(30(6)11-2)27-40(37)32(8)13-4)46-44(48-45)38-24-21-35(31(7)12-3)28-41(38)33(9)14-5/h20-25,27-33,49H,10-19,26H2,1-9H3. The Morgan fingerprint density at radius 1 is 0.520 bits per heavy atom. The van der Waals surface area contributed by atoms with Crippen LogP contribution in [0.1, 0.15) is 172 Å². The molecule has 0 bridgehead atoms. The SMILES string of the molecule is CCCCCCCCOc1ccc(-c2nc(-c3ccc(C(C)CC)cc3C(C)CC)nc(-c3ccc(C(C)CC)cc3C(C)CC)n2)c(O)c1. The molecule has 3 aromatic carbocycles.